The van der Waals surface area contributed by atoms with Crippen LogP contribution in [-0.2, 0) is 17.1 Å². The van der Waals surface area contributed by atoms with Crippen molar-refractivity contribution in [1.82, 2.24) is 0 Å². The summed E-state index contributed by atoms with van der Waals surface area (Å²) in [4.78, 5) is 0. The average molecular weight is 400 g/mol. The van der Waals surface area contributed by atoms with Crippen LogP contribution < -0.4 is 10.6 Å². The Balaban J connectivity index is 0.000000351. The summed E-state index contributed by atoms with van der Waals surface area (Å²) in [5.41, 5.74) is 1.25. The van der Waals surface area contributed by atoms with Crippen molar-refractivity contribution in [2.24, 2.45) is 0 Å². The van der Waals surface area contributed by atoms with E-state index < -0.39 is 7.92 Å². The van der Waals surface area contributed by atoms with Gasteiger partial charge in [-0.05, 0) is 69.9 Å². The largest absolute Gasteiger partial charge is 2.00 e. The zero-order valence-electron chi connectivity index (χ0n) is 14.3. The summed E-state index contributed by atoms with van der Waals surface area (Å²) in [5, 5.41) is 12.2. The normalized spacial score (nSPS) is 17.6. The van der Waals surface area contributed by atoms with Crippen molar-refractivity contribution in [3.05, 3.63) is 124 Å². The van der Waals surface area contributed by atoms with E-state index in [0.717, 1.165) is 5.92 Å². The van der Waals surface area contributed by atoms with Crippen LogP contribution in [0.3, 0.4) is 0 Å². The first-order chi connectivity index (χ1) is 12.4. The number of hydrogen-bond acceptors (Lipinski definition) is 1. The molecule has 0 amide bonds. The molecule has 0 bridgehead atoms. The Bertz CT molecular complexity index is 553. The van der Waals surface area contributed by atoms with Gasteiger partial charge in [-0.15, -0.1) is 0 Å². The van der Waals surface area contributed by atoms with Gasteiger partial charge in [-0.1, -0.05) is 60.7 Å². The van der Waals surface area contributed by atoms with Gasteiger partial charge in [0.2, 0.25) is 0 Å². The van der Waals surface area contributed by atoms with E-state index >= 15 is 0 Å². The van der Waals surface area contributed by atoms with Crippen molar-refractivity contribution in [1.29, 1.82) is 0 Å². The van der Waals surface area contributed by atoms with Crippen LogP contribution in [0.5, 0.6) is 0 Å². The third-order valence-corrected chi connectivity index (χ3v) is 6.42. The Morgan fingerprint density at radius 3 is 1.50 bits per heavy atom. The van der Waals surface area contributed by atoms with Crippen molar-refractivity contribution < 1.29 is 22.2 Å². The minimum atomic E-state index is -0.596. The molecule has 2 aromatic rings. The summed E-state index contributed by atoms with van der Waals surface area (Å²) in [6.07, 6.45) is 16.2. The summed E-state index contributed by atoms with van der Waals surface area (Å²) in [5.74, 6) is 1.03. The molecule has 0 spiro atoms. The summed E-state index contributed by atoms with van der Waals surface area (Å²) >= 11 is 0. The fraction of sp³-hybridized carbons (Fsp3) is 0.0435. The van der Waals surface area contributed by atoms with Crippen LogP contribution in [0.1, 0.15) is 0 Å². The van der Waals surface area contributed by atoms with Crippen LogP contribution in [0, 0.1) is 62.9 Å². The molecule has 2 aliphatic carbocycles. The van der Waals surface area contributed by atoms with Crippen molar-refractivity contribution in [2.45, 2.75) is 0 Å². The number of hydrogen-bond donors (Lipinski definition) is 1. The van der Waals surface area contributed by atoms with Gasteiger partial charge >= 0.3 is 17.1 Å². The van der Waals surface area contributed by atoms with Crippen LogP contribution in [0.25, 0.3) is 0 Å². The van der Waals surface area contributed by atoms with Gasteiger partial charge in [0.1, 0.15) is 0 Å². The first kappa shape index (κ1) is 21.6. The molecule has 0 saturated heterocycles. The van der Waals surface area contributed by atoms with Gasteiger partial charge in [-0.3, -0.25) is 0 Å². The van der Waals surface area contributed by atoms with Gasteiger partial charge < -0.3 is 5.11 Å². The Hall–Kier alpha value is -0.651. The van der Waals surface area contributed by atoms with Crippen molar-refractivity contribution >= 4 is 18.5 Å². The molecular weight excluding hydrogens is 379 g/mol. The van der Waals surface area contributed by atoms with Gasteiger partial charge in [0.15, 0.2) is 0 Å². The molecule has 4 rings (SSSR count). The fourth-order valence-corrected chi connectivity index (χ4v) is 5.16. The molecule has 0 aliphatic heterocycles. The Morgan fingerprint density at radius 2 is 1.08 bits per heavy atom. The van der Waals surface area contributed by atoms with Crippen molar-refractivity contribution in [3.8, 4) is 0 Å². The second-order valence-electron chi connectivity index (χ2n) is 5.56. The van der Waals surface area contributed by atoms with E-state index in [2.05, 4.69) is 55.0 Å². The maximum atomic E-state index is 9.56. The van der Waals surface area contributed by atoms with E-state index in [1.54, 1.807) is 0 Å². The third-order valence-electron chi connectivity index (χ3n) is 3.88. The zero-order chi connectivity index (χ0) is 17.3. The Kier molecular flexibility index (Phi) is 9.94. The van der Waals surface area contributed by atoms with E-state index in [9.17, 15) is 5.11 Å². The molecular formula is C23H21FeOP+2. The van der Waals surface area contributed by atoms with Crippen molar-refractivity contribution in [3.63, 3.8) is 0 Å². The van der Waals surface area contributed by atoms with Crippen LogP contribution in [-0.4, -0.2) is 11.7 Å². The predicted molar refractivity (Wildman–Crippen MR) is 107 cm³/mol. The number of aliphatic hydroxyl groups excluding tert-OH is 1. The van der Waals surface area contributed by atoms with E-state index in [-0.39, 0.29) is 23.7 Å². The zero-order valence-corrected chi connectivity index (χ0v) is 16.3. The van der Waals surface area contributed by atoms with E-state index in [4.69, 9.17) is 0 Å². The average Bonchev–Trinajstić information content (AvgIpc) is 3.39. The molecule has 0 unspecified atom stereocenters. The molecule has 130 valence electrons. The van der Waals surface area contributed by atoms with E-state index in [1.807, 2.05) is 57.1 Å². The van der Waals surface area contributed by atoms with E-state index in [1.165, 1.54) is 16.3 Å². The van der Waals surface area contributed by atoms with Crippen molar-refractivity contribution in [2.75, 3.05) is 6.61 Å². The number of benzene rings is 2. The molecule has 1 nitrogen and oxygen atoms in total. The minimum Gasteiger partial charge on any atom is -0.396 e. The SMILES string of the molecule is OC[C]1[CH][CH][CH][C]1P(c1ccccc1)c1ccccc1.[CH]1[CH][CH][CH][CH]1.[Fe+2]. The summed E-state index contributed by atoms with van der Waals surface area (Å²) < 4.78 is 0. The van der Waals surface area contributed by atoms with Crippen LogP contribution in [0.15, 0.2) is 60.7 Å². The minimum absolute atomic E-state index is 0. The molecule has 0 heterocycles. The van der Waals surface area contributed by atoms with Crippen LogP contribution in [0.4, 0.5) is 0 Å². The molecule has 2 fully saturated rings. The molecule has 0 atom stereocenters. The van der Waals surface area contributed by atoms with E-state index in [0.29, 0.717) is 0 Å². The fourth-order valence-electron chi connectivity index (χ4n) is 2.70. The van der Waals surface area contributed by atoms with Gasteiger partial charge in [0.05, 0.1) is 6.61 Å². The Morgan fingerprint density at radius 1 is 0.615 bits per heavy atom. The molecule has 0 aromatic heterocycles. The summed E-state index contributed by atoms with van der Waals surface area (Å²) in [6, 6.07) is 21.1. The summed E-state index contributed by atoms with van der Waals surface area (Å²) in [6.45, 7) is 0.0980. The maximum Gasteiger partial charge on any atom is 2.00 e. The molecule has 26 heavy (non-hydrogen) atoms. The number of aliphatic hydroxyl groups is 1. The van der Waals surface area contributed by atoms with Gasteiger partial charge in [0.25, 0.3) is 0 Å². The van der Waals surface area contributed by atoms with Gasteiger partial charge in [-0.2, -0.15) is 0 Å². The molecule has 10 radical (unpaired) electrons. The predicted octanol–water partition coefficient (Wildman–Crippen LogP) is 3.86. The smallest absolute Gasteiger partial charge is 0.396 e. The third kappa shape index (κ3) is 5.93. The topological polar surface area (TPSA) is 20.2 Å². The molecule has 3 heteroatoms. The van der Waals surface area contributed by atoms with Crippen LogP contribution >= 0.6 is 7.92 Å². The quantitative estimate of drug-likeness (QED) is 0.611. The van der Waals surface area contributed by atoms with Gasteiger partial charge in [-0.25, -0.2) is 0 Å². The van der Waals surface area contributed by atoms with Crippen LogP contribution in [0.2, 0.25) is 0 Å². The van der Waals surface area contributed by atoms with Gasteiger partial charge in [0, 0.05) is 11.6 Å². The first-order valence-electron chi connectivity index (χ1n) is 8.32. The number of rotatable bonds is 4. The molecule has 2 saturated carbocycles. The second kappa shape index (κ2) is 11.9. The first-order valence-corrected chi connectivity index (χ1v) is 9.66. The maximum absolute atomic E-state index is 9.56. The molecule has 2 aromatic carbocycles. The second-order valence-corrected chi connectivity index (χ2v) is 7.75. The molecule has 1 N–H and O–H groups in total. The standard InChI is InChI=1S/C18H16OP.C5H5.Fe/c19-14-15-8-7-13-18(15)20(16-9-3-1-4-10-16)17-11-5-2-6-12-17;1-2-4-5-3-1;/h1-13,19H,14H2;1-5H;/q;;+2. The summed E-state index contributed by atoms with van der Waals surface area (Å²) in [7, 11) is -0.596. The Labute approximate surface area is 170 Å². The monoisotopic (exact) mass is 400 g/mol. The molecule has 2 aliphatic rings.